The Labute approximate surface area is 185 Å². The number of nitrogens with zero attached hydrogens (tertiary/aromatic N) is 1. The number of nitriles is 1. The zero-order valence-corrected chi connectivity index (χ0v) is 18.8. The van der Waals surface area contributed by atoms with Gasteiger partial charge in [-0.05, 0) is 60.5 Å². The van der Waals surface area contributed by atoms with E-state index < -0.39 is 5.91 Å². The molecule has 2 heterocycles. The van der Waals surface area contributed by atoms with Crippen molar-refractivity contribution in [2.75, 3.05) is 5.32 Å². The Morgan fingerprint density at radius 3 is 2.80 bits per heavy atom. The van der Waals surface area contributed by atoms with Crippen LogP contribution in [-0.2, 0) is 12.8 Å². The number of benzene rings is 1. The lowest BCUT2D eigenvalue weighted by atomic mass is 9.72. The average Bonchev–Trinajstić information content (AvgIpc) is 3.27. The number of hydrogen-bond acceptors (Lipinski definition) is 5. The molecule has 4 rings (SSSR count). The summed E-state index contributed by atoms with van der Waals surface area (Å²) in [7, 11) is 0. The molecule has 3 aromatic rings. The fraction of sp³-hybridized carbons (Fsp3) is 0.348. The molecule has 2 N–H and O–H groups in total. The molecule has 1 aliphatic rings. The number of thiophene rings is 1. The fourth-order valence-corrected chi connectivity index (χ4v) is 5.47. The van der Waals surface area contributed by atoms with Gasteiger partial charge in [-0.2, -0.15) is 5.26 Å². The number of fused-ring (bicyclic) bond motifs is 2. The summed E-state index contributed by atoms with van der Waals surface area (Å²) in [4.78, 5) is 13.8. The van der Waals surface area contributed by atoms with E-state index in [0.717, 1.165) is 30.2 Å². The molecule has 2 aromatic heterocycles. The van der Waals surface area contributed by atoms with Gasteiger partial charge in [0.1, 0.15) is 16.7 Å². The van der Waals surface area contributed by atoms with E-state index in [2.05, 4.69) is 37.5 Å². The molecule has 0 radical (unpaired) electrons. The molecule has 1 amide bonds. The Kier molecular flexibility index (Phi) is 5.39. The Bertz CT molecular complexity index is 1140. The highest BCUT2D eigenvalue weighted by molar-refractivity contribution is 7.80. The minimum atomic E-state index is -0.420. The molecule has 30 heavy (non-hydrogen) atoms. The number of carbonyl (C=O) groups excluding carboxylic acids is 1. The van der Waals surface area contributed by atoms with Gasteiger partial charge in [0.05, 0.1) is 5.56 Å². The average molecular weight is 438 g/mol. The van der Waals surface area contributed by atoms with Crippen molar-refractivity contribution in [1.29, 1.82) is 5.26 Å². The normalized spacial score (nSPS) is 16.0. The van der Waals surface area contributed by atoms with Crippen LogP contribution in [-0.4, -0.2) is 11.0 Å². The lowest BCUT2D eigenvalue weighted by molar-refractivity contribution is 0.0953. The predicted molar refractivity (Wildman–Crippen MR) is 124 cm³/mol. The van der Waals surface area contributed by atoms with E-state index in [0.29, 0.717) is 22.1 Å². The number of thiocarbonyl (C=S) groups is 1. The van der Waals surface area contributed by atoms with Crippen molar-refractivity contribution in [3.8, 4) is 6.07 Å². The molecule has 0 bridgehead atoms. The summed E-state index contributed by atoms with van der Waals surface area (Å²) in [6, 6.07) is 11.4. The first-order valence-electron chi connectivity index (χ1n) is 9.92. The van der Waals surface area contributed by atoms with E-state index in [1.54, 1.807) is 17.4 Å². The van der Waals surface area contributed by atoms with Crippen LogP contribution in [0.1, 0.15) is 53.8 Å². The van der Waals surface area contributed by atoms with Crippen LogP contribution in [0, 0.1) is 22.7 Å². The topological polar surface area (TPSA) is 78.1 Å². The SMILES string of the molecule is CC(C)(C)[C@H]1CCc2c(sc(NC(=S)NC(=O)c3cc4ccccc4o3)c2C#N)C1. The predicted octanol–water partition coefficient (Wildman–Crippen LogP) is 5.64. The van der Waals surface area contributed by atoms with Crippen molar-refractivity contribution < 1.29 is 9.21 Å². The number of furan rings is 1. The van der Waals surface area contributed by atoms with Crippen molar-refractivity contribution >= 4 is 50.5 Å². The number of carbonyl (C=O) groups is 1. The monoisotopic (exact) mass is 437 g/mol. The molecule has 5 nitrogen and oxygen atoms in total. The molecule has 0 saturated heterocycles. The number of nitrogens with one attached hydrogen (secondary N) is 2. The standard InChI is InChI=1S/C23H23N3O2S2/c1-23(2,3)14-8-9-15-16(12-24)21(30-19(15)11-14)26-22(29)25-20(27)18-10-13-6-4-5-7-17(13)28-18/h4-7,10,14H,8-9,11H2,1-3H3,(H2,25,26,27,29)/t14-/m0/s1. The van der Waals surface area contributed by atoms with Gasteiger partial charge in [-0.3, -0.25) is 10.1 Å². The van der Waals surface area contributed by atoms with E-state index in [1.807, 2.05) is 24.3 Å². The highest BCUT2D eigenvalue weighted by atomic mass is 32.1. The summed E-state index contributed by atoms with van der Waals surface area (Å²) in [6.45, 7) is 6.80. The molecule has 154 valence electrons. The van der Waals surface area contributed by atoms with Gasteiger partial charge in [-0.15, -0.1) is 11.3 Å². The van der Waals surface area contributed by atoms with Crippen LogP contribution >= 0.6 is 23.6 Å². The van der Waals surface area contributed by atoms with Gasteiger partial charge in [-0.1, -0.05) is 39.0 Å². The number of anilines is 1. The van der Waals surface area contributed by atoms with Gasteiger partial charge in [0, 0.05) is 10.3 Å². The fourth-order valence-electron chi connectivity index (χ4n) is 3.92. The van der Waals surface area contributed by atoms with Crippen molar-refractivity contribution in [2.45, 2.75) is 40.0 Å². The molecule has 1 aliphatic carbocycles. The van der Waals surface area contributed by atoms with Crippen LogP contribution in [0.2, 0.25) is 0 Å². The van der Waals surface area contributed by atoms with Crippen molar-refractivity contribution in [3.05, 3.63) is 52.1 Å². The first-order chi connectivity index (χ1) is 14.3. The summed E-state index contributed by atoms with van der Waals surface area (Å²) in [5, 5.41) is 17.1. The number of rotatable bonds is 2. The molecule has 0 saturated carbocycles. The van der Waals surface area contributed by atoms with Gasteiger partial charge in [0.15, 0.2) is 10.9 Å². The van der Waals surface area contributed by atoms with E-state index in [-0.39, 0.29) is 16.3 Å². The van der Waals surface area contributed by atoms with Gasteiger partial charge in [0.2, 0.25) is 0 Å². The smallest absolute Gasteiger partial charge is 0.293 e. The molecular weight excluding hydrogens is 414 g/mol. The molecule has 0 unspecified atom stereocenters. The van der Waals surface area contributed by atoms with Crippen molar-refractivity contribution in [2.24, 2.45) is 11.3 Å². The van der Waals surface area contributed by atoms with E-state index >= 15 is 0 Å². The maximum atomic E-state index is 12.5. The third-order valence-electron chi connectivity index (χ3n) is 5.71. The minimum absolute atomic E-state index is 0.155. The van der Waals surface area contributed by atoms with Crippen LogP contribution in [0.4, 0.5) is 5.00 Å². The van der Waals surface area contributed by atoms with Gasteiger partial charge >= 0.3 is 0 Å². The number of para-hydroxylation sites is 1. The quantitative estimate of drug-likeness (QED) is 0.507. The molecule has 7 heteroatoms. The first kappa shape index (κ1) is 20.6. The van der Waals surface area contributed by atoms with E-state index in [4.69, 9.17) is 16.6 Å². The number of hydrogen-bond donors (Lipinski definition) is 2. The molecule has 1 atom stereocenters. The molecular formula is C23H23N3O2S2. The third-order valence-corrected chi connectivity index (χ3v) is 7.08. The van der Waals surface area contributed by atoms with Gasteiger partial charge in [-0.25, -0.2) is 0 Å². The maximum absolute atomic E-state index is 12.5. The van der Waals surface area contributed by atoms with Crippen molar-refractivity contribution in [3.63, 3.8) is 0 Å². The van der Waals surface area contributed by atoms with E-state index in [9.17, 15) is 10.1 Å². The van der Waals surface area contributed by atoms with Crippen LogP contribution < -0.4 is 10.6 Å². The summed E-state index contributed by atoms with van der Waals surface area (Å²) in [6.07, 6.45) is 2.95. The molecule has 0 spiro atoms. The Morgan fingerprint density at radius 2 is 2.10 bits per heavy atom. The second-order valence-electron chi connectivity index (χ2n) is 8.68. The Morgan fingerprint density at radius 1 is 1.33 bits per heavy atom. The molecule has 0 aliphatic heterocycles. The largest absolute Gasteiger partial charge is 0.451 e. The Hall–Kier alpha value is -2.69. The maximum Gasteiger partial charge on any atom is 0.293 e. The first-order valence-corrected chi connectivity index (χ1v) is 11.1. The zero-order chi connectivity index (χ0) is 21.5. The van der Waals surface area contributed by atoms with Gasteiger partial charge < -0.3 is 9.73 Å². The molecule has 1 aromatic carbocycles. The number of amides is 1. The van der Waals surface area contributed by atoms with Crippen LogP contribution in [0.5, 0.6) is 0 Å². The van der Waals surface area contributed by atoms with Crippen molar-refractivity contribution in [1.82, 2.24) is 5.32 Å². The second-order valence-corrected chi connectivity index (χ2v) is 10.2. The summed E-state index contributed by atoms with van der Waals surface area (Å²) in [5.41, 5.74) is 2.64. The minimum Gasteiger partial charge on any atom is -0.451 e. The lowest BCUT2D eigenvalue weighted by Gasteiger charge is -2.33. The summed E-state index contributed by atoms with van der Waals surface area (Å²) < 4.78 is 5.59. The molecule has 0 fully saturated rings. The van der Waals surface area contributed by atoms with E-state index in [1.165, 1.54) is 4.88 Å². The lowest BCUT2D eigenvalue weighted by Crippen LogP contribution is -2.33. The summed E-state index contributed by atoms with van der Waals surface area (Å²) >= 11 is 6.90. The highest BCUT2D eigenvalue weighted by Gasteiger charge is 2.32. The summed E-state index contributed by atoms with van der Waals surface area (Å²) in [5.74, 6) is 0.360. The second kappa shape index (κ2) is 7.86. The van der Waals surface area contributed by atoms with Crippen LogP contribution in [0.25, 0.3) is 11.0 Å². The highest BCUT2D eigenvalue weighted by Crippen LogP contribution is 2.43. The Balaban J connectivity index is 1.49. The van der Waals surface area contributed by atoms with Crippen LogP contribution in [0.3, 0.4) is 0 Å². The third kappa shape index (κ3) is 3.98. The van der Waals surface area contributed by atoms with Crippen LogP contribution in [0.15, 0.2) is 34.7 Å². The zero-order valence-electron chi connectivity index (χ0n) is 17.2. The van der Waals surface area contributed by atoms with Gasteiger partial charge in [0.25, 0.3) is 5.91 Å².